The van der Waals surface area contributed by atoms with Crippen LogP contribution in [0.1, 0.15) is 36.9 Å². The van der Waals surface area contributed by atoms with Crippen LogP contribution in [0.2, 0.25) is 0 Å². The Morgan fingerprint density at radius 2 is 1.53 bits per heavy atom. The van der Waals surface area contributed by atoms with Gasteiger partial charge >= 0.3 is 0 Å². The van der Waals surface area contributed by atoms with Gasteiger partial charge < -0.3 is 10.5 Å². The van der Waals surface area contributed by atoms with Crippen molar-refractivity contribution in [2.24, 2.45) is 5.73 Å². The van der Waals surface area contributed by atoms with Gasteiger partial charge in [0.1, 0.15) is 11.8 Å². The quantitative estimate of drug-likeness (QED) is 0.548. The highest BCUT2D eigenvalue weighted by atomic mass is 16.5. The summed E-state index contributed by atoms with van der Waals surface area (Å²) in [6, 6.07) is 26.9. The molecule has 4 heteroatoms. The lowest BCUT2D eigenvalue weighted by Gasteiger charge is -2.26. The minimum atomic E-state index is -0.361. The van der Waals surface area contributed by atoms with Crippen LogP contribution in [0.3, 0.4) is 0 Å². The van der Waals surface area contributed by atoms with Gasteiger partial charge in [0, 0.05) is 16.9 Å². The summed E-state index contributed by atoms with van der Waals surface area (Å²) >= 11 is 0. The van der Waals surface area contributed by atoms with Crippen molar-refractivity contribution in [2.75, 3.05) is 11.5 Å². The van der Waals surface area contributed by atoms with Crippen LogP contribution in [0.15, 0.2) is 90.6 Å². The van der Waals surface area contributed by atoms with Crippen LogP contribution < -0.4 is 15.4 Å². The van der Waals surface area contributed by atoms with E-state index in [1.54, 1.807) is 4.90 Å². The van der Waals surface area contributed by atoms with Gasteiger partial charge in [-0.25, -0.2) is 0 Å². The number of ether oxygens (including phenoxy) is 1. The van der Waals surface area contributed by atoms with Gasteiger partial charge in [-0.1, -0.05) is 80.1 Å². The van der Waals surface area contributed by atoms with Gasteiger partial charge in [-0.2, -0.15) is 0 Å². The number of carbonyl (C=O) groups excluding carboxylic acids is 1. The summed E-state index contributed by atoms with van der Waals surface area (Å²) in [5, 5.41) is 0. The van der Waals surface area contributed by atoms with E-state index in [9.17, 15) is 4.79 Å². The molecule has 2 N–H and O–H groups in total. The topological polar surface area (TPSA) is 55.6 Å². The highest BCUT2D eigenvalue weighted by Crippen LogP contribution is 2.44. The normalized spacial score (nSPS) is 16.2. The minimum Gasteiger partial charge on any atom is -0.493 e. The van der Waals surface area contributed by atoms with Crippen molar-refractivity contribution in [2.45, 2.75) is 25.8 Å². The number of para-hydroxylation sites is 2. The molecule has 4 rings (SSSR count). The van der Waals surface area contributed by atoms with Crippen LogP contribution in [-0.4, -0.2) is 12.5 Å². The highest BCUT2D eigenvalue weighted by Gasteiger charge is 2.41. The number of benzene rings is 3. The molecule has 0 saturated heterocycles. The third-order valence-corrected chi connectivity index (χ3v) is 5.34. The fraction of sp³-hybridized carbons (Fsp3) is 0.192. The standard InChI is InChI=1S/C26H26N2O2/c1-2-3-18-30-22-17-11-10-16-21(22)23-24(27)25(19-12-6-4-7-13-19)28(26(23)29)20-14-8-5-9-15-20/h4-17,25H,2-3,18,27H2,1H3. The maximum absolute atomic E-state index is 13.7. The van der Waals surface area contributed by atoms with E-state index in [1.807, 2.05) is 84.9 Å². The monoisotopic (exact) mass is 398 g/mol. The molecular weight excluding hydrogens is 372 g/mol. The predicted molar refractivity (Wildman–Crippen MR) is 121 cm³/mol. The molecule has 0 saturated carbocycles. The highest BCUT2D eigenvalue weighted by molar-refractivity contribution is 6.30. The summed E-state index contributed by atoms with van der Waals surface area (Å²) in [6.07, 6.45) is 2.00. The van der Waals surface area contributed by atoms with Gasteiger partial charge in [-0.05, 0) is 30.2 Å². The van der Waals surface area contributed by atoms with E-state index < -0.39 is 0 Å². The molecule has 4 nitrogen and oxygen atoms in total. The second-order valence-electron chi connectivity index (χ2n) is 7.35. The first-order valence-electron chi connectivity index (χ1n) is 10.4. The summed E-state index contributed by atoms with van der Waals surface area (Å²) < 4.78 is 6.01. The Labute approximate surface area is 177 Å². The number of rotatable bonds is 7. The fourth-order valence-corrected chi connectivity index (χ4v) is 3.85. The molecule has 152 valence electrons. The van der Waals surface area contributed by atoms with Crippen LogP contribution in [0.4, 0.5) is 5.69 Å². The molecule has 0 aliphatic carbocycles. The van der Waals surface area contributed by atoms with Gasteiger partial charge in [0.05, 0.1) is 12.2 Å². The maximum atomic E-state index is 13.7. The van der Waals surface area contributed by atoms with Gasteiger partial charge in [-0.3, -0.25) is 9.69 Å². The first kappa shape index (κ1) is 19.8. The van der Waals surface area contributed by atoms with Crippen molar-refractivity contribution in [1.29, 1.82) is 0 Å². The van der Waals surface area contributed by atoms with Gasteiger partial charge in [0.25, 0.3) is 5.91 Å². The number of hydrogen-bond acceptors (Lipinski definition) is 3. The Kier molecular flexibility index (Phi) is 5.84. The Morgan fingerprint density at radius 1 is 0.900 bits per heavy atom. The van der Waals surface area contributed by atoms with Crippen LogP contribution in [0.5, 0.6) is 5.75 Å². The van der Waals surface area contributed by atoms with E-state index in [2.05, 4.69) is 6.92 Å². The third-order valence-electron chi connectivity index (χ3n) is 5.34. The van der Waals surface area contributed by atoms with E-state index in [-0.39, 0.29) is 11.9 Å². The number of nitrogens with zero attached hydrogens (tertiary/aromatic N) is 1. The Morgan fingerprint density at radius 3 is 2.23 bits per heavy atom. The summed E-state index contributed by atoms with van der Waals surface area (Å²) in [6.45, 7) is 2.73. The predicted octanol–water partition coefficient (Wildman–Crippen LogP) is 5.32. The minimum absolute atomic E-state index is 0.112. The third kappa shape index (κ3) is 3.69. The molecule has 0 aromatic heterocycles. The van der Waals surface area contributed by atoms with Crippen molar-refractivity contribution in [3.8, 4) is 5.75 Å². The lowest BCUT2D eigenvalue weighted by molar-refractivity contribution is -0.113. The van der Waals surface area contributed by atoms with Gasteiger partial charge in [-0.15, -0.1) is 0 Å². The van der Waals surface area contributed by atoms with E-state index in [4.69, 9.17) is 10.5 Å². The maximum Gasteiger partial charge on any atom is 0.261 e. The molecule has 3 aromatic carbocycles. The summed E-state index contributed by atoms with van der Waals surface area (Å²) in [4.78, 5) is 15.5. The zero-order valence-corrected chi connectivity index (χ0v) is 17.1. The molecule has 0 fully saturated rings. The largest absolute Gasteiger partial charge is 0.493 e. The number of hydrogen-bond donors (Lipinski definition) is 1. The molecule has 3 aromatic rings. The molecule has 1 heterocycles. The molecule has 1 atom stereocenters. The Bertz CT molecular complexity index is 1040. The number of carbonyl (C=O) groups is 1. The summed E-state index contributed by atoms with van der Waals surface area (Å²) in [5.74, 6) is 0.582. The van der Waals surface area contributed by atoms with Crippen molar-refractivity contribution >= 4 is 17.2 Å². The van der Waals surface area contributed by atoms with Crippen LogP contribution in [0, 0.1) is 0 Å². The molecule has 0 bridgehead atoms. The van der Waals surface area contributed by atoms with Crippen LogP contribution in [-0.2, 0) is 4.79 Å². The first-order valence-corrected chi connectivity index (χ1v) is 10.4. The number of anilines is 1. The van der Waals surface area contributed by atoms with Gasteiger partial charge in [0.15, 0.2) is 0 Å². The zero-order chi connectivity index (χ0) is 20.9. The second kappa shape index (κ2) is 8.87. The molecule has 1 amide bonds. The van der Waals surface area contributed by atoms with Crippen molar-refractivity contribution in [3.05, 3.63) is 102 Å². The smallest absolute Gasteiger partial charge is 0.261 e. The molecule has 1 aliphatic rings. The summed E-state index contributed by atoms with van der Waals surface area (Å²) in [7, 11) is 0. The van der Waals surface area contributed by atoms with E-state index in [1.165, 1.54) is 0 Å². The molecule has 1 aliphatic heterocycles. The Balaban J connectivity index is 1.82. The van der Waals surface area contributed by atoms with Gasteiger partial charge in [0.2, 0.25) is 0 Å². The van der Waals surface area contributed by atoms with Crippen molar-refractivity contribution in [3.63, 3.8) is 0 Å². The molecule has 1 unspecified atom stereocenters. The van der Waals surface area contributed by atoms with E-state index in [0.717, 1.165) is 29.7 Å². The lowest BCUT2D eigenvalue weighted by Crippen LogP contribution is -2.30. The number of nitrogens with two attached hydrogens (primary N) is 1. The zero-order valence-electron chi connectivity index (χ0n) is 17.1. The average Bonchev–Trinajstić information content (AvgIpc) is 3.05. The first-order chi connectivity index (χ1) is 14.7. The number of amides is 1. The van der Waals surface area contributed by atoms with E-state index in [0.29, 0.717) is 23.6 Å². The molecular formula is C26H26N2O2. The Hall–Kier alpha value is -3.53. The number of unbranched alkanes of at least 4 members (excludes halogenated alkanes) is 1. The second-order valence-corrected chi connectivity index (χ2v) is 7.35. The van der Waals surface area contributed by atoms with Crippen molar-refractivity contribution < 1.29 is 9.53 Å². The van der Waals surface area contributed by atoms with Crippen LogP contribution >= 0.6 is 0 Å². The van der Waals surface area contributed by atoms with Crippen LogP contribution in [0.25, 0.3) is 5.57 Å². The molecule has 30 heavy (non-hydrogen) atoms. The summed E-state index contributed by atoms with van der Waals surface area (Å²) in [5.41, 5.74) is 10.3. The lowest BCUT2D eigenvalue weighted by atomic mass is 9.99. The van der Waals surface area contributed by atoms with E-state index >= 15 is 0 Å². The fourth-order valence-electron chi connectivity index (χ4n) is 3.85. The molecule has 0 radical (unpaired) electrons. The SMILES string of the molecule is CCCCOc1ccccc1C1=C(N)C(c2ccccc2)N(c2ccccc2)C1=O. The average molecular weight is 399 g/mol. The van der Waals surface area contributed by atoms with Crippen molar-refractivity contribution in [1.82, 2.24) is 0 Å². The molecule has 0 spiro atoms.